The maximum Gasteiger partial charge on any atom is 0.126 e. The van der Waals surface area contributed by atoms with Gasteiger partial charge in [0.15, 0.2) is 0 Å². The van der Waals surface area contributed by atoms with Crippen molar-refractivity contribution in [3.63, 3.8) is 0 Å². The van der Waals surface area contributed by atoms with Gasteiger partial charge in [-0.15, -0.1) is 0 Å². The topological polar surface area (TPSA) is 68.2 Å². The number of hydrogen-bond acceptors (Lipinski definition) is 6. The summed E-state index contributed by atoms with van der Waals surface area (Å²) in [5, 5.41) is 11.1. The maximum atomic E-state index is 11.0. The molecule has 2 aromatic rings. The Balaban J connectivity index is 1.43. The maximum absolute atomic E-state index is 11.0. The van der Waals surface area contributed by atoms with Gasteiger partial charge in [0.05, 0.1) is 7.11 Å². The van der Waals surface area contributed by atoms with E-state index < -0.39 is 6.10 Å². The average Bonchev–Trinajstić information content (AvgIpc) is 2.76. The highest BCUT2D eigenvalue weighted by Gasteiger charge is 2.22. The third-order valence-corrected chi connectivity index (χ3v) is 5.40. The van der Waals surface area contributed by atoms with Gasteiger partial charge in [-0.2, -0.15) is 0 Å². The number of aldehydes is 1. The molecule has 0 radical (unpaired) electrons. The van der Waals surface area contributed by atoms with Crippen LogP contribution in [0.1, 0.15) is 18.4 Å². The van der Waals surface area contributed by atoms with Crippen molar-refractivity contribution in [2.24, 2.45) is 0 Å². The molecule has 7 heteroatoms. The number of β-amino-alcohol motifs (C(OH)–C–C–N with tert-alkyl or cyclic N) is 1. The summed E-state index contributed by atoms with van der Waals surface area (Å²) in [6.07, 6.45) is 2.35. The molecule has 3 rings (SSSR count). The molecule has 30 heavy (non-hydrogen) atoms. The molecule has 0 amide bonds. The van der Waals surface area contributed by atoms with Crippen molar-refractivity contribution >= 4 is 17.9 Å². The Morgan fingerprint density at radius 3 is 2.53 bits per heavy atom. The summed E-state index contributed by atoms with van der Waals surface area (Å²) in [5.41, 5.74) is 0.697. The highest BCUT2D eigenvalue weighted by Crippen LogP contribution is 2.28. The Hall–Kier alpha value is -2.28. The number of aliphatic hydroxyl groups excluding tert-OH is 1. The fourth-order valence-corrected chi connectivity index (χ4v) is 3.73. The second kappa shape index (κ2) is 11.2. The van der Waals surface area contributed by atoms with Gasteiger partial charge in [0, 0.05) is 36.6 Å². The lowest BCUT2D eigenvalue weighted by Crippen LogP contribution is -2.43. The molecular weight excluding hydrogens is 406 g/mol. The lowest BCUT2D eigenvalue weighted by molar-refractivity contribution is -0.107. The normalized spacial score (nSPS) is 16.1. The lowest BCUT2D eigenvalue weighted by atomic mass is 10.1. The van der Waals surface area contributed by atoms with Crippen LogP contribution in [0, 0.1) is 0 Å². The zero-order valence-electron chi connectivity index (χ0n) is 17.1. The van der Waals surface area contributed by atoms with Crippen molar-refractivity contribution < 1.29 is 24.1 Å². The summed E-state index contributed by atoms with van der Waals surface area (Å²) in [6, 6.07) is 12.8. The summed E-state index contributed by atoms with van der Waals surface area (Å²) in [7, 11) is 1.56. The summed E-state index contributed by atoms with van der Waals surface area (Å²) in [4.78, 5) is 13.2. The van der Waals surface area contributed by atoms with Crippen molar-refractivity contribution in [3.05, 3.63) is 53.1 Å². The molecule has 0 aromatic heterocycles. The molecule has 1 aliphatic heterocycles. The number of carbonyl (C=O) groups is 1. The number of rotatable bonds is 10. The van der Waals surface area contributed by atoms with Gasteiger partial charge < -0.3 is 29.0 Å². The second-order valence-electron chi connectivity index (χ2n) is 7.34. The van der Waals surface area contributed by atoms with Gasteiger partial charge in [-0.1, -0.05) is 17.7 Å². The number of nitrogens with zero attached hydrogens (tertiary/aromatic N) is 1. The third kappa shape index (κ3) is 6.36. The summed E-state index contributed by atoms with van der Waals surface area (Å²) >= 11 is 5.91. The third-order valence-electron chi connectivity index (χ3n) is 5.15. The van der Waals surface area contributed by atoms with Crippen LogP contribution < -0.4 is 14.2 Å². The van der Waals surface area contributed by atoms with E-state index in [0.29, 0.717) is 28.6 Å². The zero-order chi connectivity index (χ0) is 21.3. The minimum absolute atomic E-state index is 0.153. The number of benzene rings is 2. The van der Waals surface area contributed by atoms with Gasteiger partial charge in [0.2, 0.25) is 0 Å². The number of halogens is 1. The Labute approximate surface area is 182 Å². The average molecular weight is 434 g/mol. The van der Waals surface area contributed by atoms with Crippen LogP contribution in [-0.2, 0) is 11.2 Å². The molecule has 0 spiro atoms. The van der Waals surface area contributed by atoms with E-state index in [4.69, 9.17) is 25.8 Å². The van der Waals surface area contributed by atoms with Crippen LogP contribution in [0.4, 0.5) is 0 Å². The van der Waals surface area contributed by atoms with Crippen molar-refractivity contribution in [3.8, 4) is 17.2 Å². The van der Waals surface area contributed by atoms with Crippen molar-refractivity contribution in [2.45, 2.75) is 31.5 Å². The van der Waals surface area contributed by atoms with Crippen molar-refractivity contribution in [1.29, 1.82) is 0 Å². The molecule has 162 valence electrons. The van der Waals surface area contributed by atoms with Crippen LogP contribution in [0.25, 0.3) is 0 Å². The van der Waals surface area contributed by atoms with E-state index in [1.165, 1.54) is 0 Å². The standard InChI is InChI=1S/C23H28ClNO5/c1-28-22-3-2-4-23(21(22)11-14-26)29-16-18(27)15-25-12-9-20(10-13-25)30-19-7-5-17(24)6-8-19/h2-8,14,18,20,27H,9-13,15-16H2,1H3. The number of methoxy groups -OCH3 is 1. The molecule has 1 atom stereocenters. The molecule has 1 heterocycles. The molecule has 1 fully saturated rings. The van der Waals surface area contributed by atoms with E-state index in [9.17, 15) is 9.90 Å². The van der Waals surface area contributed by atoms with Crippen molar-refractivity contribution in [2.75, 3.05) is 33.4 Å². The number of aliphatic hydroxyl groups is 1. The van der Waals surface area contributed by atoms with Crippen LogP contribution >= 0.6 is 11.6 Å². The molecule has 2 aromatic carbocycles. The molecule has 1 aliphatic rings. The van der Waals surface area contributed by atoms with Gasteiger partial charge >= 0.3 is 0 Å². The Bertz CT molecular complexity index is 806. The first kappa shape index (κ1) is 22.4. The minimum Gasteiger partial charge on any atom is -0.496 e. The van der Waals surface area contributed by atoms with Gasteiger partial charge in [-0.3, -0.25) is 0 Å². The Kier molecular flexibility index (Phi) is 8.37. The predicted octanol–water partition coefficient (Wildman–Crippen LogP) is 3.37. The molecule has 0 aliphatic carbocycles. The van der Waals surface area contributed by atoms with Gasteiger partial charge in [0.25, 0.3) is 0 Å². The summed E-state index contributed by atoms with van der Waals surface area (Å²) in [6.45, 7) is 2.39. The van der Waals surface area contributed by atoms with E-state index in [-0.39, 0.29) is 19.1 Å². The number of piperidine rings is 1. The zero-order valence-corrected chi connectivity index (χ0v) is 17.9. The number of ether oxygens (including phenoxy) is 3. The van der Waals surface area contributed by atoms with Crippen LogP contribution in [0.2, 0.25) is 5.02 Å². The molecule has 1 saturated heterocycles. The highest BCUT2D eigenvalue weighted by atomic mass is 35.5. The van der Waals surface area contributed by atoms with E-state index >= 15 is 0 Å². The largest absolute Gasteiger partial charge is 0.496 e. The van der Waals surface area contributed by atoms with Gasteiger partial charge in [-0.05, 0) is 49.2 Å². The molecule has 0 saturated carbocycles. The first-order valence-corrected chi connectivity index (χ1v) is 10.5. The molecule has 6 nitrogen and oxygen atoms in total. The van der Waals surface area contributed by atoms with Gasteiger partial charge in [0.1, 0.15) is 42.3 Å². The Morgan fingerprint density at radius 2 is 1.87 bits per heavy atom. The molecule has 1 N–H and O–H groups in total. The van der Waals surface area contributed by atoms with Crippen molar-refractivity contribution in [1.82, 2.24) is 4.90 Å². The van der Waals surface area contributed by atoms with E-state index in [0.717, 1.165) is 38.0 Å². The monoisotopic (exact) mass is 433 g/mol. The lowest BCUT2D eigenvalue weighted by Gasteiger charge is -2.33. The van der Waals surface area contributed by atoms with Crippen LogP contribution in [0.3, 0.4) is 0 Å². The van der Waals surface area contributed by atoms with Crippen LogP contribution in [0.15, 0.2) is 42.5 Å². The first-order valence-electron chi connectivity index (χ1n) is 10.1. The fraction of sp³-hybridized carbons (Fsp3) is 0.435. The number of carbonyl (C=O) groups excluding carboxylic acids is 1. The highest BCUT2D eigenvalue weighted by molar-refractivity contribution is 6.30. The SMILES string of the molecule is COc1cccc(OCC(O)CN2CCC(Oc3ccc(Cl)cc3)CC2)c1CC=O. The van der Waals surface area contributed by atoms with E-state index in [2.05, 4.69) is 4.90 Å². The fourth-order valence-electron chi connectivity index (χ4n) is 3.61. The molecule has 1 unspecified atom stereocenters. The molecular formula is C23H28ClNO5. The molecule has 0 bridgehead atoms. The quantitative estimate of drug-likeness (QED) is 0.579. The van der Waals surface area contributed by atoms with E-state index in [1.807, 2.05) is 24.3 Å². The minimum atomic E-state index is -0.631. The summed E-state index contributed by atoms with van der Waals surface area (Å²) in [5.74, 6) is 2.00. The van der Waals surface area contributed by atoms with Crippen LogP contribution in [0.5, 0.6) is 17.2 Å². The number of likely N-dealkylation sites (tertiary alicyclic amines) is 1. The number of hydrogen-bond donors (Lipinski definition) is 1. The van der Waals surface area contributed by atoms with E-state index in [1.54, 1.807) is 25.3 Å². The smallest absolute Gasteiger partial charge is 0.126 e. The first-order chi connectivity index (χ1) is 14.6. The second-order valence-corrected chi connectivity index (χ2v) is 7.78. The summed E-state index contributed by atoms with van der Waals surface area (Å²) < 4.78 is 17.1. The van der Waals surface area contributed by atoms with Crippen LogP contribution in [-0.4, -0.2) is 61.9 Å². The van der Waals surface area contributed by atoms with Gasteiger partial charge in [-0.25, -0.2) is 0 Å². The Morgan fingerprint density at radius 1 is 1.17 bits per heavy atom. The predicted molar refractivity (Wildman–Crippen MR) is 116 cm³/mol.